The van der Waals surface area contributed by atoms with E-state index in [-0.39, 0.29) is 24.0 Å². The van der Waals surface area contributed by atoms with Gasteiger partial charge in [-0.05, 0) is 50.1 Å². The first-order valence-electron chi connectivity index (χ1n) is 15.2. The Bertz CT molecular complexity index is 1430. The van der Waals surface area contributed by atoms with Gasteiger partial charge in [0.25, 0.3) is 0 Å². The number of hydrogen-bond donors (Lipinski definition) is 8. The second-order valence-corrected chi connectivity index (χ2v) is 12.5. The molecular formula is C32H40O14. The molecular weight excluding hydrogens is 608 g/mol. The van der Waals surface area contributed by atoms with Gasteiger partial charge in [-0.1, -0.05) is 12.1 Å². The molecule has 0 spiro atoms. The smallest absolute Gasteiger partial charge is 0.229 e. The van der Waals surface area contributed by atoms with Crippen LogP contribution in [0.1, 0.15) is 36.5 Å². The monoisotopic (exact) mass is 648 g/mol. The summed E-state index contributed by atoms with van der Waals surface area (Å²) in [5, 5.41) is 81.3. The number of hydrogen-bond acceptors (Lipinski definition) is 14. The summed E-state index contributed by atoms with van der Waals surface area (Å²) in [5.41, 5.74) is 1.92. The molecule has 14 heteroatoms. The molecule has 4 aliphatic rings. The highest BCUT2D eigenvalue weighted by Gasteiger charge is 2.46. The van der Waals surface area contributed by atoms with Gasteiger partial charge in [0.1, 0.15) is 77.4 Å². The predicted octanol–water partition coefficient (Wildman–Crippen LogP) is -1.05. The molecule has 2 aromatic rings. The maximum absolute atomic E-state index is 10.7. The first-order chi connectivity index (χ1) is 21.9. The minimum Gasteiger partial charge on any atom is -0.492 e. The summed E-state index contributed by atoms with van der Waals surface area (Å²) < 4.78 is 35.3. The fourth-order valence-electron chi connectivity index (χ4n) is 6.13. The Morgan fingerprint density at radius 1 is 0.783 bits per heavy atom. The molecule has 2 aromatic carbocycles. The summed E-state index contributed by atoms with van der Waals surface area (Å²) in [7, 11) is 0. The highest BCUT2D eigenvalue weighted by Crippen LogP contribution is 2.45. The lowest BCUT2D eigenvalue weighted by Crippen LogP contribution is -2.60. The van der Waals surface area contributed by atoms with Crippen molar-refractivity contribution in [2.45, 2.75) is 93.2 Å². The lowest BCUT2D eigenvalue weighted by Gasteiger charge is -2.40. The van der Waals surface area contributed by atoms with Crippen LogP contribution in [-0.4, -0.2) is 128 Å². The molecule has 0 saturated carbocycles. The number of ether oxygens (including phenoxy) is 6. The standard InChI is InChI=1S/C32H40O14/c1-32(2)8-7-18-19(46-32)6-3-14-9-15(13-41-29(14)18)17-5-4-16(42-30-27(39)25(37)23(35)21(11-33)44-30)10-20(17)43-31-28(40)26(38)24(36)22(12-34)45-31/h3-8,10,15,21-28,30-31,33-40H,9,11-13H2,1-2H3/t15-,21+,22+,23+,24+,25-,26-,27+,28+,30-,31-/m0/s1. The third kappa shape index (κ3) is 6.18. The molecule has 2 saturated heterocycles. The maximum Gasteiger partial charge on any atom is 0.229 e. The molecule has 11 atom stereocenters. The van der Waals surface area contributed by atoms with Crippen molar-refractivity contribution in [3.63, 3.8) is 0 Å². The Kier molecular flexibility index (Phi) is 9.21. The zero-order chi connectivity index (χ0) is 32.9. The van der Waals surface area contributed by atoms with Crippen LogP contribution < -0.4 is 18.9 Å². The molecule has 46 heavy (non-hydrogen) atoms. The molecule has 0 unspecified atom stereocenters. The lowest BCUT2D eigenvalue weighted by atomic mass is 9.87. The van der Waals surface area contributed by atoms with Crippen LogP contribution in [-0.2, 0) is 15.9 Å². The molecule has 0 amide bonds. The molecule has 14 nitrogen and oxygen atoms in total. The van der Waals surface area contributed by atoms with E-state index in [9.17, 15) is 40.9 Å². The minimum atomic E-state index is -1.69. The van der Waals surface area contributed by atoms with E-state index in [4.69, 9.17) is 28.4 Å². The van der Waals surface area contributed by atoms with Gasteiger partial charge in [-0.2, -0.15) is 0 Å². The first kappa shape index (κ1) is 32.9. The molecule has 252 valence electrons. The van der Waals surface area contributed by atoms with E-state index < -0.39 is 80.2 Å². The van der Waals surface area contributed by atoms with Crippen LogP contribution in [0.2, 0.25) is 0 Å². The lowest BCUT2D eigenvalue weighted by molar-refractivity contribution is -0.278. The molecule has 0 aromatic heterocycles. The largest absolute Gasteiger partial charge is 0.492 e. The molecule has 2 fully saturated rings. The Morgan fingerprint density at radius 2 is 1.41 bits per heavy atom. The highest BCUT2D eigenvalue weighted by molar-refractivity contribution is 5.69. The molecule has 6 rings (SSSR count). The van der Waals surface area contributed by atoms with Gasteiger partial charge in [-0.25, -0.2) is 0 Å². The van der Waals surface area contributed by atoms with Gasteiger partial charge in [0.15, 0.2) is 0 Å². The fourth-order valence-corrected chi connectivity index (χ4v) is 6.13. The average Bonchev–Trinajstić information content (AvgIpc) is 3.04. The Balaban J connectivity index is 1.30. The van der Waals surface area contributed by atoms with Crippen molar-refractivity contribution in [2.75, 3.05) is 19.8 Å². The summed E-state index contributed by atoms with van der Waals surface area (Å²) in [6.45, 7) is 2.88. The van der Waals surface area contributed by atoms with Gasteiger partial charge >= 0.3 is 0 Å². The van der Waals surface area contributed by atoms with Gasteiger partial charge in [-0.15, -0.1) is 0 Å². The molecule has 8 N–H and O–H groups in total. The summed E-state index contributed by atoms with van der Waals surface area (Å²) in [4.78, 5) is 0. The van der Waals surface area contributed by atoms with E-state index in [1.807, 2.05) is 38.1 Å². The van der Waals surface area contributed by atoms with E-state index in [1.165, 1.54) is 6.07 Å². The Hall–Kier alpha value is -3.02. The number of aliphatic hydroxyl groups excluding tert-OH is 8. The zero-order valence-corrected chi connectivity index (χ0v) is 25.2. The van der Waals surface area contributed by atoms with Gasteiger partial charge in [0.05, 0.1) is 25.4 Å². The van der Waals surface area contributed by atoms with E-state index in [0.717, 1.165) is 11.1 Å². The average molecular weight is 649 g/mol. The van der Waals surface area contributed by atoms with Gasteiger partial charge in [0.2, 0.25) is 12.6 Å². The van der Waals surface area contributed by atoms with Crippen LogP contribution in [0.25, 0.3) is 6.08 Å². The Morgan fingerprint density at radius 3 is 2.04 bits per heavy atom. The van der Waals surface area contributed by atoms with E-state index in [0.29, 0.717) is 23.5 Å². The maximum atomic E-state index is 10.7. The van der Waals surface area contributed by atoms with Crippen molar-refractivity contribution in [3.05, 3.63) is 53.1 Å². The third-order valence-electron chi connectivity index (χ3n) is 8.77. The van der Waals surface area contributed by atoms with E-state index >= 15 is 0 Å². The molecule has 0 bridgehead atoms. The van der Waals surface area contributed by atoms with Crippen molar-refractivity contribution in [2.24, 2.45) is 0 Å². The van der Waals surface area contributed by atoms with Crippen molar-refractivity contribution in [1.82, 2.24) is 0 Å². The van der Waals surface area contributed by atoms with Gasteiger partial charge in [-0.3, -0.25) is 0 Å². The summed E-state index contributed by atoms with van der Waals surface area (Å²) in [6.07, 6.45) is -10.7. The van der Waals surface area contributed by atoms with Crippen LogP contribution >= 0.6 is 0 Å². The van der Waals surface area contributed by atoms with Gasteiger partial charge < -0.3 is 69.3 Å². The van der Waals surface area contributed by atoms with Crippen LogP contribution in [0.15, 0.2) is 36.4 Å². The Labute approximate surface area is 264 Å². The highest BCUT2D eigenvalue weighted by atomic mass is 16.7. The SMILES string of the molecule is CC1(C)C=Cc2c(ccc3c2OC[C@@H](c2ccc(O[C@H]4O[C@H](CO)[C@@H](O)[C@H](O)[C@H]4O)cc2O[C@H]2O[C@H](CO)[C@@H](O)[C@H](O)[C@H]2O)C3)O1. The number of fused-ring (bicyclic) bond motifs is 3. The van der Waals surface area contributed by atoms with Crippen LogP contribution in [0, 0.1) is 0 Å². The van der Waals surface area contributed by atoms with Crippen molar-refractivity contribution < 1.29 is 69.3 Å². The summed E-state index contributed by atoms with van der Waals surface area (Å²) >= 11 is 0. The molecule has 0 aliphatic carbocycles. The third-order valence-corrected chi connectivity index (χ3v) is 8.77. The number of aliphatic hydroxyl groups is 8. The zero-order valence-electron chi connectivity index (χ0n) is 25.2. The van der Waals surface area contributed by atoms with Gasteiger partial charge in [0, 0.05) is 17.5 Å². The van der Waals surface area contributed by atoms with Crippen molar-refractivity contribution in [1.29, 1.82) is 0 Å². The van der Waals surface area contributed by atoms with E-state index in [1.54, 1.807) is 12.1 Å². The second-order valence-electron chi connectivity index (χ2n) is 12.5. The second kappa shape index (κ2) is 12.9. The number of benzene rings is 2. The number of rotatable bonds is 7. The fraction of sp³-hybridized carbons (Fsp3) is 0.562. The van der Waals surface area contributed by atoms with Crippen LogP contribution in [0.3, 0.4) is 0 Å². The minimum absolute atomic E-state index is 0.0868. The molecule has 4 aliphatic heterocycles. The topological polar surface area (TPSA) is 217 Å². The van der Waals surface area contributed by atoms with Crippen LogP contribution in [0.5, 0.6) is 23.0 Å². The van der Waals surface area contributed by atoms with Crippen molar-refractivity contribution >= 4 is 6.08 Å². The first-order valence-corrected chi connectivity index (χ1v) is 15.2. The predicted molar refractivity (Wildman–Crippen MR) is 157 cm³/mol. The van der Waals surface area contributed by atoms with Crippen LogP contribution in [0.4, 0.5) is 0 Å². The molecule has 0 radical (unpaired) electrons. The quantitative estimate of drug-likeness (QED) is 0.180. The van der Waals surface area contributed by atoms with Crippen molar-refractivity contribution in [3.8, 4) is 23.0 Å². The normalized spacial score (nSPS) is 36.5. The molecule has 4 heterocycles. The summed E-state index contributed by atoms with van der Waals surface area (Å²) in [6, 6.07) is 8.51. The summed E-state index contributed by atoms with van der Waals surface area (Å²) in [5.74, 6) is 1.36. The van der Waals surface area contributed by atoms with E-state index in [2.05, 4.69) is 0 Å².